The first kappa shape index (κ1) is 7.10. The van der Waals surface area contributed by atoms with Crippen molar-refractivity contribution in [2.75, 3.05) is 5.73 Å². The van der Waals surface area contributed by atoms with E-state index in [0.29, 0.717) is 0 Å². The molecule has 0 aliphatic rings. The first-order chi connectivity index (χ1) is 5.77. The van der Waals surface area contributed by atoms with Crippen LogP contribution in [0, 0.1) is 0 Å². The number of benzene rings is 1. The van der Waals surface area contributed by atoms with Gasteiger partial charge in [0.15, 0.2) is 12.4 Å². The third-order valence-corrected chi connectivity index (χ3v) is 1.96. The highest BCUT2D eigenvalue weighted by atomic mass is 14.9. The second-order valence-corrected chi connectivity index (χ2v) is 2.97. The van der Waals surface area contributed by atoms with Crippen molar-refractivity contribution in [1.29, 1.82) is 0 Å². The normalized spacial score (nSPS) is 10.4. The van der Waals surface area contributed by atoms with Gasteiger partial charge in [0.2, 0.25) is 0 Å². The molecule has 0 amide bonds. The summed E-state index contributed by atoms with van der Waals surface area (Å²) >= 11 is 0. The van der Waals surface area contributed by atoms with Crippen molar-refractivity contribution < 1.29 is 4.57 Å². The molecule has 2 rings (SSSR count). The van der Waals surface area contributed by atoms with Gasteiger partial charge >= 0.3 is 0 Å². The SMILES string of the molecule is C[n+]1cc(N)c2ccccc2c1. The number of nitrogens with zero attached hydrogens (tertiary/aromatic N) is 1. The lowest BCUT2D eigenvalue weighted by Gasteiger charge is -1.98. The van der Waals surface area contributed by atoms with Crippen LogP contribution in [-0.4, -0.2) is 0 Å². The second-order valence-electron chi connectivity index (χ2n) is 2.97. The molecule has 1 aromatic heterocycles. The molecule has 0 aliphatic carbocycles. The number of rotatable bonds is 0. The fourth-order valence-electron chi connectivity index (χ4n) is 1.42. The molecular formula is C10H11N2+. The van der Waals surface area contributed by atoms with E-state index in [1.54, 1.807) is 0 Å². The van der Waals surface area contributed by atoms with E-state index in [1.165, 1.54) is 5.39 Å². The standard InChI is InChI=1S/C10H11N2/c1-12-6-8-4-2-3-5-9(8)10(11)7-12/h2-7H,11H2,1H3/q+1. The summed E-state index contributed by atoms with van der Waals surface area (Å²) in [7, 11) is 1.98. The molecule has 0 saturated heterocycles. The number of fused-ring (bicyclic) bond motifs is 1. The molecule has 60 valence electrons. The molecule has 0 aliphatic heterocycles. The van der Waals surface area contributed by atoms with Gasteiger partial charge in [-0.3, -0.25) is 0 Å². The van der Waals surface area contributed by atoms with Gasteiger partial charge in [0, 0.05) is 10.8 Å². The Labute approximate surface area is 71.2 Å². The highest BCUT2D eigenvalue weighted by Gasteiger charge is 2.02. The Hall–Kier alpha value is -1.57. The Bertz CT molecular complexity index is 421. The predicted molar refractivity (Wildman–Crippen MR) is 49.5 cm³/mol. The Morgan fingerprint density at radius 3 is 2.75 bits per heavy atom. The zero-order valence-electron chi connectivity index (χ0n) is 6.99. The molecule has 2 heteroatoms. The van der Waals surface area contributed by atoms with Gasteiger partial charge in [-0.2, -0.15) is 0 Å². The molecule has 1 aromatic carbocycles. The molecule has 0 spiro atoms. The number of pyridine rings is 1. The van der Waals surface area contributed by atoms with Crippen LogP contribution in [-0.2, 0) is 7.05 Å². The van der Waals surface area contributed by atoms with E-state index >= 15 is 0 Å². The molecule has 0 fully saturated rings. The smallest absolute Gasteiger partial charge is 0.192 e. The van der Waals surface area contributed by atoms with Gasteiger partial charge in [-0.15, -0.1) is 0 Å². The first-order valence-corrected chi connectivity index (χ1v) is 3.91. The summed E-state index contributed by atoms with van der Waals surface area (Å²) in [5.41, 5.74) is 6.67. The van der Waals surface area contributed by atoms with Gasteiger partial charge < -0.3 is 5.73 Å². The minimum Gasteiger partial charge on any atom is -0.393 e. The number of aromatic nitrogens is 1. The van der Waals surface area contributed by atoms with E-state index in [9.17, 15) is 0 Å². The molecule has 0 saturated carbocycles. The maximum absolute atomic E-state index is 5.84. The van der Waals surface area contributed by atoms with Gasteiger partial charge in [-0.05, 0) is 6.07 Å². The van der Waals surface area contributed by atoms with Crippen molar-refractivity contribution >= 4 is 16.5 Å². The van der Waals surface area contributed by atoms with E-state index in [4.69, 9.17) is 5.73 Å². The monoisotopic (exact) mass is 159 g/mol. The van der Waals surface area contributed by atoms with E-state index in [0.717, 1.165) is 11.1 Å². The average molecular weight is 159 g/mol. The first-order valence-electron chi connectivity index (χ1n) is 3.91. The van der Waals surface area contributed by atoms with Crippen LogP contribution in [0.3, 0.4) is 0 Å². The topological polar surface area (TPSA) is 29.9 Å². The summed E-state index contributed by atoms with van der Waals surface area (Å²) in [5.74, 6) is 0. The summed E-state index contributed by atoms with van der Waals surface area (Å²) in [6.07, 6.45) is 3.98. The number of nitrogens with two attached hydrogens (primary N) is 1. The molecule has 12 heavy (non-hydrogen) atoms. The summed E-state index contributed by atoms with van der Waals surface area (Å²) in [4.78, 5) is 0. The number of hydrogen-bond acceptors (Lipinski definition) is 1. The van der Waals surface area contributed by atoms with Gasteiger partial charge in [0.25, 0.3) is 0 Å². The van der Waals surface area contributed by atoms with Crippen molar-refractivity contribution in [3.8, 4) is 0 Å². The van der Waals surface area contributed by atoms with Crippen LogP contribution in [0.25, 0.3) is 10.8 Å². The van der Waals surface area contributed by atoms with Crippen molar-refractivity contribution in [2.45, 2.75) is 0 Å². The molecule has 2 aromatic rings. The Morgan fingerprint density at radius 2 is 1.92 bits per heavy atom. The second kappa shape index (κ2) is 2.48. The third-order valence-electron chi connectivity index (χ3n) is 1.96. The summed E-state index contributed by atoms with van der Waals surface area (Å²) in [5, 5.41) is 2.30. The minimum absolute atomic E-state index is 0.829. The fraction of sp³-hybridized carbons (Fsp3) is 0.100. The predicted octanol–water partition coefficient (Wildman–Crippen LogP) is 1.25. The van der Waals surface area contributed by atoms with Crippen LogP contribution < -0.4 is 10.3 Å². The Balaban J connectivity index is 2.89. The molecular weight excluding hydrogens is 148 g/mol. The maximum atomic E-state index is 5.84. The van der Waals surface area contributed by atoms with Gasteiger partial charge in [0.05, 0.1) is 0 Å². The number of aryl methyl sites for hydroxylation is 1. The quantitative estimate of drug-likeness (QED) is 0.576. The van der Waals surface area contributed by atoms with Gasteiger partial charge in [0.1, 0.15) is 12.7 Å². The summed E-state index contributed by atoms with van der Waals surface area (Å²) in [6, 6.07) is 8.11. The van der Waals surface area contributed by atoms with Crippen molar-refractivity contribution in [1.82, 2.24) is 0 Å². The highest BCUT2D eigenvalue weighted by Crippen LogP contribution is 2.16. The summed E-state index contributed by atoms with van der Waals surface area (Å²) < 4.78 is 1.97. The molecule has 2 nitrogen and oxygen atoms in total. The number of hydrogen-bond donors (Lipinski definition) is 1. The third kappa shape index (κ3) is 1.01. The van der Waals surface area contributed by atoms with Gasteiger partial charge in [-0.1, -0.05) is 18.2 Å². The lowest BCUT2D eigenvalue weighted by molar-refractivity contribution is -0.669. The minimum atomic E-state index is 0.829. The van der Waals surface area contributed by atoms with E-state index < -0.39 is 0 Å². The molecule has 0 unspecified atom stereocenters. The molecule has 0 radical (unpaired) electrons. The zero-order chi connectivity index (χ0) is 8.55. The molecule has 0 atom stereocenters. The highest BCUT2D eigenvalue weighted by molar-refractivity contribution is 5.90. The fourth-order valence-corrected chi connectivity index (χ4v) is 1.42. The van der Waals surface area contributed by atoms with E-state index in [-0.39, 0.29) is 0 Å². The Morgan fingerprint density at radius 1 is 1.17 bits per heavy atom. The van der Waals surface area contributed by atoms with Crippen LogP contribution in [0.5, 0.6) is 0 Å². The molecule has 0 bridgehead atoms. The van der Waals surface area contributed by atoms with Crippen molar-refractivity contribution in [2.24, 2.45) is 7.05 Å². The largest absolute Gasteiger partial charge is 0.393 e. The van der Waals surface area contributed by atoms with Crippen LogP contribution in [0.1, 0.15) is 0 Å². The Kier molecular flexibility index (Phi) is 1.47. The molecule has 1 heterocycles. The van der Waals surface area contributed by atoms with E-state index in [1.807, 2.05) is 36.0 Å². The van der Waals surface area contributed by atoms with Crippen LogP contribution >= 0.6 is 0 Å². The average Bonchev–Trinajstić information content (AvgIpc) is 2.04. The number of anilines is 1. The van der Waals surface area contributed by atoms with Gasteiger partial charge in [-0.25, -0.2) is 4.57 Å². The lowest BCUT2D eigenvalue weighted by Crippen LogP contribution is -2.27. The van der Waals surface area contributed by atoms with Crippen LogP contribution in [0.15, 0.2) is 36.7 Å². The maximum Gasteiger partial charge on any atom is 0.192 e. The lowest BCUT2D eigenvalue weighted by atomic mass is 10.1. The van der Waals surface area contributed by atoms with Crippen molar-refractivity contribution in [3.63, 3.8) is 0 Å². The van der Waals surface area contributed by atoms with Crippen molar-refractivity contribution in [3.05, 3.63) is 36.7 Å². The summed E-state index contributed by atoms with van der Waals surface area (Å²) in [6.45, 7) is 0. The molecule has 2 N–H and O–H groups in total. The number of nitrogen functional groups attached to an aromatic ring is 1. The zero-order valence-corrected chi connectivity index (χ0v) is 6.99. The van der Waals surface area contributed by atoms with Crippen LogP contribution in [0.2, 0.25) is 0 Å². The van der Waals surface area contributed by atoms with Crippen LogP contribution in [0.4, 0.5) is 5.69 Å². The van der Waals surface area contributed by atoms with E-state index in [2.05, 4.69) is 12.3 Å².